The van der Waals surface area contributed by atoms with Crippen molar-refractivity contribution in [2.75, 3.05) is 5.32 Å². The zero-order valence-corrected chi connectivity index (χ0v) is 11.7. The van der Waals surface area contributed by atoms with E-state index in [-0.39, 0.29) is 6.42 Å². The predicted molar refractivity (Wildman–Crippen MR) is 74.3 cm³/mol. The summed E-state index contributed by atoms with van der Waals surface area (Å²) < 4.78 is 0. The lowest BCUT2D eigenvalue weighted by atomic mass is 9.99. The van der Waals surface area contributed by atoms with Crippen molar-refractivity contribution in [3.63, 3.8) is 0 Å². The van der Waals surface area contributed by atoms with Crippen molar-refractivity contribution in [1.29, 1.82) is 0 Å². The summed E-state index contributed by atoms with van der Waals surface area (Å²) in [5.41, 5.74) is 0.0444. The molecule has 3 N–H and O–H groups in total. The number of benzene rings is 1. The molecule has 1 rings (SSSR count). The van der Waals surface area contributed by atoms with E-state index in [4.69, 9.17) is 5.11 Å². The van der Waals surface area contributed by atoms with Crippen LogP contribution < -0.4 is 10.6 Å². The Bertz CT molecular complexity index is 524. The zero-order valence-electron chi connectivity index (χ0n) is 11.7. The van der Waals surface area contributed by atoms with Gasteiger partial charge in [0.15, 0.2) is 0 Å². The molecule has 0 bridgehead atoms. The van der Waals surface area contributed by atoms with Gasteiger partial charge in [-0.15, -0.1) is 0 Å². The molecule has 0 radical (unpaired) electrons. The lowest BCUT2D eigenvalue weighted by Gasteiger charge is -2.24. The highest BCUT2D eigenvalue weighted by Gasteiger charge is 2.34. The first kappa shape index (κ1) is 15.7. The Morgan fingerprint density at radius 1 is 1.15 bits per heavy atom. The Hall–Kier alpha value is -2.37. The third-order valence-electron chi connectivity index (χ3n) is 3.08. The summed E-state index contributed by atoms with van der Waals surface area (Å²) in [6, 6.07) is 6.91. The van der Waals surface area contributed by atoms with Crippen molar-refractivity contribution in [1.82, 2.24) is 5.32 Å². The van der Waals surface area contributed by atoms with E-state index in [2.05, 4.69) is 10.6 Å². The number of amides is 2. The second-order valence-corrected chi connectivity index (χ2v) is 4.77. The van der Waals surface area contributed by atoms with E-state index in [0.29, 0.717) is 5.69 Å². The maximum atomic E-state index is 11.7. The molecule has 0 heterocycles. The quantitative estimate of drug-likeness (QED) is 0.723. The molecule has 108 valence electrons. The maximum Gasteiger partial charge on any atom is 0.329 e. The van der Waals surface area contributed by atoms with Crippen molar-refractivity contribution < 1.29 is 19.5 Å². The number of nitrogens with one attached hydrogen (secondary N) is 2. The molecule has 0 fully saturated rings. The molecule has 0 saturated carbocycles. The van der Waals surface area contributed by atoms with E-state index < -0.39 is 23.3 Å². The molecule has 0 spiro atoms. The molecule has 0 aliphatic carbocycles. The fourth-order valence-corrected chi connectivity index (χ4v) is 1.43. The van der Waals surface area contributed by atoms with Crippen LogP contribution in [0, 0.1) is 6.92 Å². The normalized spacial score (nSPS) is 13.2. The number of aliphatic carboxylic acids is 1. The molecule has 0 aromatic heterocycles. The van der Waals surface area contributed by atoms with E-state index in [1.165, 1.54) is 6.92 Å². The lowest BCUT2D eigenvalue weighted by Crippen LogP contribution is -2.54. The number of carboxylic acid groups (broad SMARTS) is 1. The van der Waals surface area contributed by atoms with Crippen LogP contribution in [0.2, 0.25) is 0 Å². The van der Waals surface area contributed by atoms with Gasteiger partial charge in [0.1, 0.15) is 5.54 Å². The Morgan fingerprint density at radius 2 is 1.70 bits per heavy atom. The summed E-state index contributed by atoms with van der Waals surface area (Å²) in [5.74, 6) is -3.05. The summed E-state index contributed by atoms with van der Waals surface area (Å²) in [6.07, 6.45) is 0.173. The van der Waals surface area contributed by atoms with Crippen LogP contribution in [0.3, 0.4) is 0 Å². The van der Waals surface area contributed by atoms with Gasteiger partial charge < -0.3 is 15.7 Å². The first-order valence-electron chi connectivity index (χ1n) is 6.22. The van der Waals surface area contributed by atoms with Crippen LogP contribution in [-0.2, 0) is 14.4 Å². The fraction of sp³-hybridized carbons (Fsp3) is 0.357. The van der Waals surface area contributed by atoms with Gasteiger partial charge in [0, 0.05) is 5.69 Å². The Balaban J connectivity index is 2.70. The van der Waals surface area contributed by atoms with E-state index >= 15 is 0 Å². The molecular weight excluding hydrogens is 260 g/mol. The van der Waals surface area contributed by atoms with Crippen molar-refractivity contribution in [3.8, 4) is 0 Å². The molecule has 0 aliphatic rings. The fourth-order valence-electron chi connectivity index (χ4n) is 1.43. The summed E-state index contributed by atoms with van der Waals surface area (Å²) in [7, 11) is 0. The van der Waals surface area contributed by atoms with Crippen molar-refractivity contribution in [3.05, 3.63) is 29.8 Å². The molecule has 1 aromatic carbocycles. The van der Waals surface area contributed by atoms with Crippen molar-refractivity contribution in [2.24, 2.45) is 0 Å². The summed E-state index contributed by atoms with van der Waals surface area (Å²) in [4.78, 5) is 34.5. The average Bonchev–Trinajstić information content (AvgIpc) is 2.40. The molecule has 2 amide bonds. The van der Waals surface area contributed by atoms with Crippen LogP contribution in [0.15, 0.2) is 24.3 Å². The number of anilines is 1. The molecule has 1 atom stereocenters. The van der Waals surface area contributed by atoms with E-state index in [1.807, 2.05) is 6.92 Å². The third kappa shape index (κ3) is 3.81. The molecule has 0 saturated heterocycles. The largest absolute Gasteiger partial charge is 0.480 e. The smallest absolute Gasteiger partial charge is 0.329 e. The summed E-state index contributed by atoms with van der Waals surface area (Å²) in [6.45, 7) is 4.87. The standard InChI is InChI=1S/C14H18N2O4/c1-4-14(3,13(19)20)16-12(18)11(17)15-10-7-5-9(2)6-8-10/h5-8H,4H2,1-3H3,(H,15,17)(H,16,18)(H,19,20). The molecule has 6 heteroatoms. The second kappa shape index (κ2) is 6.18. The van der Waals surface area contributed by atoms with E-state index in [0.717, 1.165) is 5.56 Å². The van der Waals surface area contributed by atoms with Gasteiger partial charge in [-0.05, 0) is 32.4 Å². The average molecular weight is 278 g/mol. The zero-order chi connectivity index (χ0) is 15.3. The molecule has 0 aliphatic heterocycles. The SMILES string of the molecule is CCC(C)(NC(=O)C(=O)Nc1ccc(C)cc1)C(=O)O. The minimum absolute atomic E-state index is 0.173. The van der Waals surface area contributed by atoms with E-state index in [9.17, 15) is 14.4 Å². The highest BCUT2D eigenvalue weighted by molar-refractivity contribution is 6.40. The molecule has 1 aromatic rings. The van der Waals surface area contributed by atoms with Gasteiger partial charge in [0.25, 0.3) is 0 Å². The van der Waals surface area contributed by atoms with Crippen molar-refractivity contribution >= 4 is 23.5 Å². The van der Waals surface area contributed by atoms with Crippen LogP contribution in [-0.4, -0.2) is 28.4 Å². The number of aryl methyl sites for hydroxylation is 1. The predicted octanol–water partition coefficient (Wildman–Crippen LogP) is 1.30. The van der Waals surface area contributed by atoms with Crippen LogP contribution in [0.5, 0.6) is 0 Å². The lowest BCUT2D eigenvalue weighted by molar-refractivity contribution is -0.148. The number of rotatable bonds is 4. The minimum atomic E-state index is -1.46. The highest BCUT2D eigenvalue weighted by Crippen LogP contribution is 2.11. The highest BCUT2D eigenvalue weighted by atomic mass is 16.4. The van der Waals surface area contributed by atoms with Gasteiger partial charge in [-0.1, -0.05) is 24.6 Å². The van der Waals surface area contributed by atoms with Crippen molar-refractivity contribution in [2.45, 2.75) is 32.7 Å². The Morgan fingerprint density at radius 3 is 2.15 bits per heavy atom. The maximum absolute atomic E-state index is 11.7. The van der Waals surface area contributed by atoms with Crippen LogP contribution in [0.1, 0.15) is 25.8 Å². The topological polar surface area (TPSA) is 95.5 Å². The Kier molecular flexibility index (Phi) is 4.85. The number of carbonyl (C=O) groups excluding carboxylic acids is 2. The molecular formula is C14H18N2O4. The molecule has 1 unspecified atom stereocenters. The van der Waals surface area contributed by atoms with E-state index in [1.54, 1.807) is 31.2 Å². The Labute approximate surface area is 117 Å². The number of hydrogen-bond acceptors (Lipinski definition) is 3. The summed E-state index contributed by atoms with van der Waals surface area (Å²) >= 11 is 0. The minimum Gasteiger partial charge on any atom is -0.480 e. The number of hydrogen-bond donors (Lipinski definition) is 3. The molecule has 20 heavy (non-hydrogen) atoms. The van der Waals surface area contributed by atoms with Crippen LogP contribution >= 0.6 is 0 Å². The van der Waals surface area contributed by atoms with Gasteiger partial charge in [-0.2, -0.15) is 0 Å². The summed E-state index contributed by atoms with van der Waals surface area (Å²) in [5, 5.41) is 13.7. The van der Waals surface area contributed by atoms with Gasteiger partial charge in [-0.25, -0.2) is 4.79 Å². The van der Waals surface area contributed by atoms with Gasteiger partial charge in [0.05, 0.1) is 0 Å². The number of carbonyl (C=O) groups is 3. The van der Waals surface area contributed by atoms with Crippen LogP contribution in [0.25, 0.3) is 0 Å². The van der Waals surface area contributed by atoms with Crippen LogP contribution in [0.4, 0.5) is 5.69 Å². The van der Waals surface area contributed by atoms with Gasteiger partial charge in [-0.3, -0.25) is 9.59 Å². The van der Waals surface area contributed by atoms with Gasteiger partial charge in [0.2, 0.25) is 0 Å². The molecule has 6 nitrogen and oxygen atoms in total. The first-order chi connectivity index (χ1) is 9.28. The first-order valence-corrected chi connectivity index (χ1v) is 6.22. The second-order valence-electron chi connectivity index (χ2n) is 4.77. The third-order valence-corrected chi connectivity index (χ3v) is 3.08. The van der Waals surface area contributed by atoms with Gasteiger partial charge >= 0.3 is 17.8 Å². The monoisotopic (exact) mass is 278 g/mol. The number of carboxylic acids is 1.